The van der Waals surface area contributed by atoms with E-state index in [1.165, 1.54) is 12.1 Å². The van der Waals surface area contributed by atoms with Gasteiger partial charge < -0.3 is 15.5 Å². The fraction of sp³-hybridized carbons (Fsp3) is 0.400. The van der Waals surface area contributed by atoms with Crippen LogP contribution in [0.1, 0.15) is 18.4 Å². The molecule has 0 radical (unpaired) electrons. The number of hydrogen-bond acceptors (Lipinski definition) is 3. The van der Waals surface area contributed by atoms with Crippen molar-refractivity contribution in [3.8, 4) is 11.5 Å². The summed E-state index contributed by atoms with van der Waals surface area (Å²) < 4.78 is 0. The number of aromatic hydroxyl groups is 2. The molecule has 2 rings (SSSR count). The number of benzene rings is 1. The maximum atomic E-state index is 9.59. The average molecular weight is 179 g/mol. The zero-order valence-electron chi connectivity index (χ0n) is 7.54. The molecule has 0 heterocycles. The van der Waals surface area contributed by atoms with Gasteiger partial charge in [-0.3, -0.25) is 0 Å². The van der Waals surface area contributed by atoms with E-state index in [1.807, 2.05) is 7.05 Å². The molecule has 0 aliphatic heterocycles. The predicted octanol–water partition coefficient (Wildman–Crippen LogP) is 1.31. The van der Waals surface area contributed by atoms with E-state index >= 15 is 0 Å². The van der Waals surface area contributed by atoms with E-state index in [0.717, 1.165) is 18.4 Å². The molecule has 0 aromatic heterocycles. The summed E-state index contributed by atoms with van der Waals surface area (Å²) in [6, 6.07) is 4.64. The van der Waals surface area contributed by atoms with Gasteiger partial charge in [0.2, 0.25) is 0 Å². The Kier molecular flexibility index (Phi) is 1.70. The zero-order valence-corrected chi connectivity index (χ0v) is 7.54. The van der Waals surface area contributed by atoms with Crippen molar-refractivity contribution in [3.05, 3.63) is 23.8 Å². The molecule has 0 amide bonds. The van der Waals surface area contributed by atoms with Crippen molar-refractivity contribution in [2.45, 2.75) is 18.4 Å². The first kappa shape index (κ1) is 8.38. The molecule has 1 saturated carbocycles. The minimum absolute atomic E-state index is 0.0944. The van der Waals surface area contributed by atoms with Crippen molar-refractivity contribution in [1.82, 2.24) is 5.32 Å². The predicted molar refractivity (Wildman–Crippen MR) is 49.7 cm³/mol. The topological polar surface area (TPSA) is 52.5 Å². The molecule has 1 aromatic carbocycles. The Balaban J connectivity index is 2.44. The largest absolute Gasteiger partial charge is 0.508 e. The van der Waals surface area contributed by atoms with Gasteiger partial charge in [-0.15, -0.1) is 0 Å². The first-order valence-corrected chi connectivity index (χ1v) is 4.39. The van der Waals surface area contributed by atoms with Crippen LogP contribution in [-0.2, 0) is 5.54 Å². The molecular weight excluding hydrogens is 166 g/mol. The molecule has 0 saturated heterocycles. The van der Waals surface area contributed by atoms with Gasteiger partial charge in [0, 0.05) is 11.1 Å². The first-order chi connectivity index (χ1) is 6.18. The van der Waals surface area contributed by atoms with Crippen LogP contribution in [0.3, 0.4) is 0 Å². The summed E-state index contributed by atoms with van der Waals surface area (Å²) in [6.07, 6.45) is 2.03. The van der Waals surface area contributed by atoms with Crippen molar-refractivity contribution < 1.29 is 10.2 Å². The molecule has 0 atom stereocenters. The Hall–Kier alpha value is -1.22. The van der Waals surface area contributed by atoms with E-state index in [9.17, 15) is 10.2 Å². The summed E-state index contributed by atoms with van der Waals surface area (Å²) in [7, 11) is 1.87. The van der Waals surface area contributed by atoms with Crippen LogP contribution < -0.4 is 5.32 Å². The highest BCUT2D eigenvalue weighted by molar-refractivity contribution is 5.45. The SMILES string of the molecule is CNC1(c2cc(O)ccc2O)CC1. The van der Waals surface area contributed by atoms with Gasteiger partial charge in [0.05, 0.1) is 0 Å². The fourth-order valence-electron chi connectivity index (χ4n) is 1.69. The second-order valence-corrected chi connectivity index (χ2v) is 3.53. The molecule has 0 bridgehead atoms. The molecule has 1 aromatic rings. The number of rotatable bonds is 2. The Morgan fingerprint density at radius 3 is 2.54 bits per heavy atom. The van der Waals surface area contributed by atoms with Crippen LogP contribution >= 0.6 is 0 Å². The average Bonchev–Trinajstić information content (AvgIpc) is 2.90. The Morgan fingerprint density at radius 2 is 2.00 bits per heavy atom. The lowest BCUT2D eigenvalue weighted by Crippen LogP contribution is -2.24. The molecule has 0 spiro atoms. The van der Waals surface area contributed by atoms with Gasteiger partial charge in [-0.05, 0) is 38.1 Å². The minimum atomic E-state index is -0.0944. The maximum Gasteiger partial charge on any atom is 0.120 e. The standard InChI is InChI=1S/C10H13NO2/c1-11-10(4-5-10)8-6-7(12)2-3-9(8)13/h2-3,6,11-13H,4-5H2,1H3. The van der Waals surface area contributed by atoms with Gasteiger partial charge in [-0.1, -0.05) is 0 Å². The summed E-state index contributed by atoms with van der Waals surface area (Å²) >= 11 is 0. The van der Waals surface area contributed by atoms with E-state index < -0.39 is 0 Å². The molecule has 1 aliphatic carbocycles. The van der Waals surface area contributed by atoms with Crippen molar-refractivity contribution in [2.24, 2.45) is 0 Å². The van der Waals surface area contributed by atoms with Crippen molar-refractivity contribution in [1.29, 1.82) is 0 Å². The van der Waals surface area contributed by atoms with Crippen molar-refractivity contribution in [2.75, 3.05) is 7.05 Å². The van der Waals surface area contributed by atoms with E-state index in [-0.39, 0.29) is 17.0 Å². The lowest BCUT2D eigenvalue weighted by molar-refractivity contribution is 0.437. The molecular formula is C10H13NO2. The maximum absolute atomic E-state index is 9.59. The number of hydrogen-bond donors (Lipinski definition) is 3. The van der Waals surface area contributed by atoms with E-state index in [4.69, 9.17) is 0 Å². The highest BCUT2D eigenvalue weighted by Crippen LogP contribution is 2.49. The van der Waals surface area contributed by atoms with E-state index in [2.05, 4.69) is 5.32 Å². The monoisotopic (exact) mass is 179 g/mol. The van der Waals surface area contributed by atoms with Crippen LogP contribution in [-0.4, -0.2) is 17.3 Å². The normalized spacial score (nSPS) is 18.5. The van der Waals surface area contributed by atoms with E-state index in [0.29, 0.717) is 0 Å². The van der Waals surface area contributed by atoms with Gasteiger partial charge in [0.15, 0.2) is 0 Å². The summed E-state index contributed by atoms with van der Waals surface area (Å²) in [5.41, 5.74) is 0.707. The number of phenolic OH excluding ortho intramolecular Hbond substituents is 2. The summed E-state index contributed by atoms with van der Waals surface area (Å²) in [5.74, 6) is 0.457. The van der Waals surface area contributed by atoms with Crippen LogP contribution in [0.25, 0.3) is 0 Å². The highest BCUT2D eigenvalue weighted by Gasteiger charge is 2.44. The molecule has 70 valence electrons. The van der Waals surface area contributed by atoms with Gasteiger partial charge >= 0.3 is 0 Å². The molecule has 0 unspecified atom stereocenters. The Labute approximate surface area is 77.0 Å². The summed E-state index contributed by atoms with van der Waals surface area (Å²) in [6.45, 7) is 0. The second kappa shape index (κ2) is 2.64. The molecule has 3 nitrogen and oxygen atoms in total. The lowest BCUT2D eigenvalue weighted by atomic mass is 10.0. The fourth-order valence-corrected chi connectivity index (χ4v) is 1.69. The quantitative estimate of drug-likeness (QED) is 0.600. The minimum Gasteiger partial charge on any atom is -0.508 e. The molecule has 1 fully saturated rings. The third kappa shape index (κ3) is 1.25. The van der Waals surface area contributed by atoms with Crippen molar-refractivity contribution in [3.63, 3.8) is 0 Å². The van der Waals surface area contributed by atoms with Crippen molar-refractivity contribution >= 4 is 0 Å². The van der Waals surface area contributed by atoms with Crippen LogP contribution in [0, 0.1) is 0 Å². The first-order valence-electron chi connectivity index (χ1n) is 4.39. The Morgan fingerprint density at radius 1 is 1.31 bits per heavy atom. The third-order valence-electron chi connectivity index (χ3n) is 2.72. The van der Waals surface area contributed by atoms with Gasteiger partial charge in [0.1, 0.15) is 11.5 Å². The van der Waals surface area contributed by atoms with Gasteiger partial charge in [-0.2, -0.15) is 0 Å². The number of phenols is 2. The second-order valence-electron chi connectivity index (χ2n) is 3.53. The molecule has 1 aliphatic rings. The van der Waals surface area contributed by atoms with Crippen LogP contribution in [0.4, 0.5) is 0 Å². The summed E-state index contributed by atoms with van der Waals surface area (Å²) in [4.78, 5) is 0. The Bertz CT molecular complexity index is 332. The smallest absolute Gasteiger partial charge is 0.120 e. The third-order valence-corrected chi connectivity index (χ3v) is 2.72. The molecule has 13 heavy (non-hydrogen) atoms. The highest BCUT2D eigenvalue weighted by atomic mass is 16.3. The van der Waals surface area contributed by atoms with Gasteiger partial charge in [-0.25, -0.2) is 0 Å². The van der Waals surface area contributed by atoms with E-state index in [1.54, 1.807) is 6.07 Å². The lowest BCUT2D eigenvalue weighted by Gasteiger charge is -2.16. The zero-order chi connectivity index (χ0) is 9.47. The molecule has 3 heteroatoms. The van der Waals surface area contributed by atoms with Crippen LogP contribution in [0.2, 0.25) is 0 Å². The molecule has 3 N–H and O–H groups in total. The van der Waals surface area contributed by atoms with Gasteiger partial charge in [0.25, 0.3) is 0 Å². The summed E-state index contributed by atoms with van der Waals surface area (Å²) in [5, 5.41) is 22.0. The van der Waals surface area contributed by atoms with Crippen LogP contribution in [0.15, 0.2) is 18.2 Å². The van der Waals surface area contributed by atoms with Crippen LogP contribution in [0.5, 0.6) is 11.5 Å². The number of nitrogens with one attached hydrogen (secondary N) is 1.